The minimum Gasteiger partial charge on any atom is -0.282 e. The average molecular weight is 279 g/mol. The summed E-state index contributed by atoms with van der Waals surface area (Å²) in [6.45, 7) is 1.68. The summed E-state index contributed by atoms with van der Waals surface area (Å²) in [7, 11) is 0. The van der Waals surface area contributed by atoms with Gasteiger partial charge in [0.2, 0.25) is 0 Å². The van der Waals surface area contributed by atoms with E-state index in [2.05, 4.69) is 26.1 Å². The molecule has 2 rings (SSSR count). The SMILES string of the molecule is Cc1[nH]nc2ccc(C(F)(F)F)c(Br)c12. The highest BCUT2D eigenvalue weighted by Gasteiger charge is 2.34. The topological polar surface area (TPSA) is 28.7 Å². The summed E-state index contributed by atoms with van der Waals surface area (Å²) >= 11 is 2.97. The lowest BCUT2D eigenvalue weighted by Crippen LogP contribution is -2.05. The number of H-pyrrole nitrogens is 1. The van der Waals surface area contributed by atoms with Crippen LogP contribution in [0.2, 0.25) is 0 Å². The largest absolute Gasteiger partial charge is 0.417 e. The molecule has 2 aromatic rings. The summed E-state index contributed by atoms with van der Waals surface area (Å²) in [5, 5.41) is 7.01. The molecule has 0 atom stereocenters. The zero-order valence-corrected chi connectivity index (χ0v) is 9.20. The number of aryl methyl sites for hydroxylation is 1. The first-order valence-corrected chi connectivity index (χ1v) is 4.91. The molecule has 15 heavy (non-hydrogen) atoms. The van der Waals surface area contributed by atoms with E-state index >= 15 is 0 Å². The highest BCUT2D eigenvalue weighted by molar-refractivity contribution is 9.10. The molecule has 1 heterocycles. The standard InChI is InChI=1S/C9H6BrF3N2/c1-4-7-6(15-14-4)3-2-5(8(7)10)9(11,12)13/h2-3H,1H3,(H,14,15). The Bertz CT molecular complexity index is 516. The number of fused-ring (bicyclic) bond motifs is 1. The summed E-state index contributed by atoms with van der Waals surface area (Å²) in [4.78, 5) is 0. The molecule has 1 aromatic heterocycles. The summed E-state index contributed by atoms with van der Waals surface area (Å²) < 4.78 is 37.7. The Morgan fingerprint density at radius 2 is 2.00 bits per heavy atom. The van der Waals surface area contributed by atoms with Crippen molar-refractivity contribution >= 4 is 26.8 Å². The molecular weight excluding hydrogens is 273 g/mol. The van der Waals surface area contributed by atoms with E-state index in [1.165, 1.54) is 6.07 Å². The number of nitrogens with zero attached hydrogens (tertiary/aromatic N) is 1. The van der Waals surface area contributed by atoms with Gasteiger partial charge >= 0.3 is 6.18 Å². The maximum atomic E-state index is 12.6. The summed E-state index contributed by atoms with van der Waals surface area (Å²) in [6.07, 6.45) is -4.35. The van der Waals surface area contributed by atoms with Crippen LogP contribution in [-0.2, 0) is 6.18 Å². The van der Waals surface area contributed by atoms with Gasteiger partial charge in [0.1, 0.15) is 0 Å². The average Bonchev–Trinajstić information content (AvgIpc) is 2.46. The van der Waals surface area contributed by atoms with Crippen LogP contribution in [0.5, 0.6) is 0 Å². The van der Waals surface area contributed by atoms with Crippen LogP contribution in [-0.4, -0.2) is 10.2 Å². The predicted molar refractivity (Wildman–Crippen MR) is 53.5 cm³/mol. The third kappa shape index (κ3) is 1.62. The first-order valence-electron chi connectivity index (χ1n) is 4.11. The zero-order valence-electron chi connectivity index (χ0n) is 7.61. The lowest BCUT2D eigenvalue weighted by Gasteiger charge is -2.09. The van der Waals surface area contributed by atoms with E-state index < -0.39 is 11.7 Å². The summed E-state index contributed by atoms with van der Waals surface area (Å²) in [5.74, 6) is 0. The molecule has 0 radical (unpaired) electrons. The van der Waals surface area contributed by atoms with E-state index in [9.17, 15) is 13.2 Å². The molecule has 0 saturated carbocycles. The molecule has 0 bridgehead atoms. The normalized spacial score (nSPS) is 12.3. The molecule has 0 aliphatic heterocycles. The van der Waals surface area contributed by atoms with Crippen molar-refractivity contribution in [2.45, 2.75) is 13.1 Å². The van der Waals surface area contributed by atoms with Gasteiger partial charge in [-0.3, -0.25) is 5.10 Å². The van der Waals surface area contributed by atoms with Gasteiger partial charge < -0.3 is 0 Å². The number of nitrogens with one attached hydrogen (secondary N) is 1. The Hall–Kier alpha value is -1.04. The van der Waals surface area contributed by atoms with Crippen LogP contribution >= 0.6 is 15.9 Å². The van der Waals surface area contributed by atoms with Crippen LogP contribution in [0.1, 0.15) is 11.3 Å². The van der Waals surface area contributed by atoms with Gasteiger partial charge in [0.25, 0.3) is 0 Å². The fourth-order valence-corrected chi connectivity index (χ4v) is 2.29. The number of halogens is 4. The fourth-order valence-electron chi connectivity index (χ4n) is 1.43. The maximum absolute atomic E-state index is 12.6. The van der Waals surface area contributed by atoms with E-state index in [1.807, 2.05) is 0 Å². The van der Waals surface area contributed by atoms with Crippen LogP contribution in [0.3, 0.4) is 0 Å². The Morgan fingerprint density at radius 3 is 2.60 bits per heavy atom. The second-order valence-corrected chi connectivity index (χ2v) is 3.96. The lowest BCUT2D eigenvalue weighted by atomic mass is 10.1. The Kier molecular flexibility index (Phi) is 2.26. The van der Waals surface area contributed by atoms with Crippen molar-refractivity contribution in [2.75, 3.05) is 0 Å². The highest BCUT2D eigenvalue weighted by Crippen LogP contribution is 2.38. The van der Waals surface area contributed by atoms with Gasteiger partial charge in [0.15, 0.2) is 0 Å². The molecule has 6 heteroatoms. The first kappa shape index (κ1) is 10.5. The Morgan fingerprint density at radius 1 is 1.33 bits per heavy atom. The van der Waals surface area contributed by atoms with Crippen molar-refractivity contribution in [1.82, 2.24) is 10.2 Å². The van der Waals surface area contributed by atoms with Gasteiger partial charge in [0.05, 0.1) is 11.1 Å². The van der Waals surface area contributed by atoms with Crippen molar-refractivity contribution in [1.29, 1.82) is 0 Å². The van der Waals surface area contributed by atoms with Gasteiger partial charge in [-0.25, -0.2) is 0 Å². The molecule has 1 N–H and O–H groups in total. The molecule has 0 aliphatic carbocycles. The number of benzene rings is 1. The smallest absolute Gasteiger partial charge is 0.282 e. The van der Waals surface area contributed by atoms with Crippen molar-refractivity contribution in [3.05, 3.63) is 27.9 Å². The van der Waals surface area contributed by atoms with Gasteiger partial charge in [-0.05, 0) is 35.0 Å². The number of hydrogen-bond acceptors (Lipinski definition) is 1. The third-order valence-corrected chi connectivity index (χ3v) is 2.97. The van der Waals surface area contributed by atoms with Crippen LogP contribution in [0, 0.1) is 6.92 Å². The number of rotatable bonds is 0. The van der Waals surface area contributed by atoms with E-state index in [0.29, 0.717) is 16.6 Å². The van der Waals surface area contributed by atoms with E-state index in [1.54, 1.807) is 6.92 Å². The van der Waals surface area contributed by atoms with Crippen LogP contribution < -0.4 is 0 Å². The van der Waals surface area contributed by atoms with E-state index in [-0.39, 0.29) is 4.47 Å². The minimum atomic E-state index is -4.35. The second-order valence-electron chi connectivity index (χ2n) is 3.17. The minimum absolute atomic E-state index is 0.0405. The van der Waals surface area contributed by atoms with Crippen LogP contribution in [0.15, 0.2) is 16.6 Å². The molecule has 0 aliphatic rings. The lowest BCUT2D eigenvalue weighted by molar-refractivity contribution is -0.138. The van der Waals surface area contributed by atoms with Gasteiger partial charge in [-0.2, -0.15) is 18.3 Å². The molecule has 0 saturated heterocycles. The van der Waals surface area contributed by atoms with Crippen molar-refractivity contribution in [3.8, 4) is 0 Å². The molecular formula is C9H6BrF3N2. The molecule has 0 unspecified atom stereocenters. The van der Waals surface area contributed by atoms with E-state index in [0.717, 1.165) is 6.07 Å². The van der Waals surface area contributed by atoms with Gasteiger partial charge in [-0.1, -0.05) is 0 Å². The van der Waals surface area contributed by atoms with Gasteiger partial charge in [0, 0.05) is 15.6 Å². The zero-order chi connectivity index (χ0) is 11.2. The number of alkyl halides is 3. The van der Waals surface area contributed by atoms with E-state index in [4.69, 9.17) is 0 Å². The summed E-state index contributed by atoms with van der Waals surface area (Å²) in [5.41, 5.74) is 0.454. The second kappa shape index (κ2) is 3.23. The van der Waals surface area contributed by atoms with Gasteiger partial charge in [-0.15, -0.1) is 0 Å². The molecule has 80 valence electrons. The van der Waals surface area contributed by atoms with Crippen molar-refractivity contribution in [2.24, 2.45) is 0 Å². The highest BCUT2D eigenvalue weighted by atomic mass is 79.9. The van der Waals surface area contributed by atoms with Crippen molar-refractivity contribution in [3.63, 3.8) is 0 Å². The Labute approximate surface area is 91.6 Å². The molecule has 0 fully saturated rings. The molecule has 0 spiro atoms. The maximum Gasteiger partial charge on any atom is 0.417 e. The first-order chi connectivity index (χ1) is 6.91. The number of aromatic nitrogens is 2. The molecule has 0 amide bonds. The molecule has 2 nitrogen and oxygen atoms in total. The molecule has 1 aromatic carbocycles. The van der Waals surface area contributed by atoms with Crippen LogP contribution in [0.4, 0.5) is 13.2 Å². The number of aromatic amines is 1. The monoisotopic (exact) mass is 278 g/mol. The quantitative estimate of drug-likeness (QED) is 0.783. The predicted octanol–water partition coefficient (Wildman–Crippen LogP) is 3.65. The van der Waals surface area contributed by atoms with Crippen molar-refractivity contribution < 1.29 is 13.2 Å². The Balaban J connectivity index is 2.80. The fraction of sp³-hybridized carbons (Fsp3) is 0.222. The summed E-state index contributed by atoms with van der Waals surface area (Å²) in [6, 6.07) is 2.37. The number of hydrogen-bond donors (Lipinski definition) is 1. The van der Waals surface area contributed by atoms with Crippen LogP contribution in [0.25, 0.3) is 10.9 Å². The third-order valence-electron chi connectivity index (χ3n) is 2.14.